The molecule has 1 aromatic rings. The first-order valence-corrected chi connectivity index (χ1v) is 9.11. The van der Waals surface area contributed by atoms with E-state index in [2.05, 4.69) is 40.7 Å². The van der Waals surface area contributed by atoms with Crippen LogP contribution in [-0.4, -0.2) is 45.4 Å². The molecule has 0 radical (unpaired) electrons. The molecule has 1 unspecified atom stereocenters. The molecule has 2 aliphatic heterocycles. The van der Waals surface area contributed by atoms with Crippen LogP contribution in [0.2, 0.25) is 0 Å². The van der Waals surface area contributed by atoms with E-state index in [9.17, 15) is 0 Å². The largest absolute Gasteiger partial charge is 0.397 e. The molecule has 2 heterocycles. The molecule has 2 saturated heterocycles. The van der Waals surface area contributed by atoms with Crippen molar-refractivity contribution in [3.63, 3.8) is 0 Å². The predicted octanol–water partition coefficient (Wildman–Crippen LogP) is 1.82. The van der Waals surface area contributed by atoms with Crippen LogP contribution in [-0.2, 0) is 4.74 Å². The normalized spacial score (nSPS) is 22.5. The van der Waals surface area contributed by atoms with Crippen LogP contribution in [0.1, 0.15) is 30.4 Å². The SMILES string of the molecule is Cc1cc(N2CCNCC2)ccc1/C(N)=C/NCC1CCCCO1. The first-order valence-electron chi connectivity index (χ1n) is 9.11. The Kier molecular flexibility index (Phi) is 5.99. The molecule has 5 nitrogen and oxygen atoms in total. The van der Waals surface area contributed by atoms with E-state index in [-0.39, 0.29) is 0 Å². The summed E-state index contributed by atoms with van der Waals surface area (Å²) in [7, 11) is 0. The number of nitrogens with one attached hydrogen (secondary N) is 2. The van der Waals surface area contributed by atoms with Gasteiger partial charge in [-0.15, -0.1) is 0 Å². The summed E-state index contributed by atoms with van der Waals surface area (Å²) in [5, 5.41) is 6.72. The molecule has 2 aliphatic rings. The number of benzene rings is 1. The van der Waals surface area contributed by atoms with Crippen LogP contribution in [0, 0.1) is 6.92 Å². The summed E-state index contributed by atoms with van der Waals surface area (Å²) >= 11 is 0. The fraction of sp³-hybridized carbons (Fsp3) is 0.579. The van der Waals surface area contributed by atoms with Gasteiger partial charge in [-0.25, -0.2) is 0 Å². The zero-order chi connectivity index (χ0) is 16.8. The third-order valence-corrected chi connectivity index (χ3v) is 4.88. The van der Waals surface area contributed by atoms with E-state index >= 15 is 0 Å². The monoisotopic (exact) mass is 330 g/mol. The van der Waals surface area contributed by atoms with Crippen LogP contribution in [0.15, 0.2) is 24.4 Å². The summed E-state index contributed by atoms with van der Waals surface area (Å²) in [4.78, 5) is 2.42. The Morgan fingerprint density at radius 2 is 2.21 bits per heavy atom. The lowest BCUT2D eigenvalue weighted by Gasteiger charge is -2.30. The Bertz CT molecular complexity index is 560. The molecular formula is C19H30N4O. The number of anilines is 1. The molecule has 0 amide bonds. The van der Waals surface area contributed by atoms with Gasteiger partial charge in [-0.3, -0.25) is 0 Å². The summed E-state index contributed by atoms with van der Waals surface area (Å²) in [6.45, 7) is 8.08. The lowest BCUT2D eigenvalue weighted by Crippen LogP contribution is -2.43. The third-order valence-electron chi connectivity index (χ3n) is 4.88. The van der Waals surface area contributed by atoms with E-state index in [1.807, 2.05) is 6.20 Å². The van der Waals surface area contributed by atoms with Crippen molar-refractivity contribution in [2.75, 3.05) is 44.2 Å². The number of nitrogens with zero attached hydrogens (tertiary/aromatic N) is 1. The van der Waals surface area contributed by atoms with Crippen LogP contribution in [0.4, 0.5) is 5.69 Å². The minimum absolute atomic E-state index is 0.319. The van der Waals surface area contributed by atoms with Crippen LogP contribution in [0.25, 0.3) is 5.70 Å². The Morgan fingerprint density at radius 3 is 2.92 bits per heavy atom. The molecule has 0 aliphatic carbocycles. The highest BCUT2D eigenvalue weighted by Crippen LogP contribution is 2.22. The number of rotatable bonds is 5. The van der Waals surface area contributed by atoms with Crippen LogP contribution < -0.4 is 21.3 Å². The molecule has 132 valence electrons. The summed E-state index contributed by atoms with van der Waals surface area (Å²) in [6, 6.07) is 6.56. The number of hydrogen-bond donors (Lipinski definition) is 3. The van der Waals surface area contributed by atoms with Gasteiger partial charge in [0.15, 0.2) is 0 Å². The van der Waals surface area contributed by atoms with Crippen molar-refractivity contribution >= 4 is 11.4 Å². The molecule has 3 rings (SSSR count). The number of ether oxygens (including phenoxy) is 1. The second-order valence-corrected chi connectivity index (χ2v) is 6.73. The smallest absolute Gasteiger partial charge is 0.0747 e. The Morgan fingerprint density at radius 1 is 1.38 bits per heavy atom. The average molecular weight is 330 g/mol. The van der Waals surface area contributed by atoms with E-state index in [1.165, 1.54) is 24.1 Å². The molecule has 0 saturated carbocycles. The van der Waals surface area contributed by atoms with Gasteiger partial charge in [-0.05, 0) is 43.9 Å². The molecule has 5 heteroatoms. The standard InChI is InChI=1S/C19H30N4O/c1-15-12-16(23-9-7-21-8-10-23)5-6-18(15)19(20)14-22-13-17-4-2-3-11-24-17/h5-6,12,14,17,21-22H,2-4,7-11,13,20H2,1H3/b19-14-. The van der Waals surface area contributed by atoms with Crippen molar-refractivity contribution < 1.29 is 4.74 Å². The number of piperazine rings is 1. The lowest BCUT2D eigenvalue weighted by atomic mass is 10.0. The quantitative estimate of drug-likeness (QED) is 0.769. The molecule has 1 aromatic carbocycles. The molecular weight excluding hydrogens is 300 g/mol. The molecule has 2 fully saturated rings. The second kappa shape index (κ2) is 8.40. The summed E-state index contributed by atoms with van der Waals surface area (Å²) < 4.78 is 5.73. The van der Waals surface area contributed by atoms with Crippen LogP contribution in [0.5, 0.6) is 0 Å². The topological polar surface area (TPSA) is 62.5 Å². The Labute approximate surface area is 145 Å². The highest BCUT2D eigenvalue weighted by Gasteiger charge is 2.13. The molecule has 0 spiro atoms. The number of aryl methyl sites for hydroxylation is 1. The fourth-order valence-electron chi connectivity index (χ4n) is 3.44. The van der Waals surface area contributed by atoms with Gasteiger partial charge in [0.25, 0.3) is 0 Å². The van der Waals surface area contributed by atoms with Gasteiger partial charge in [0, 0.05) is 56.8 Å². The maximum atomic E-state index is 6.27. The Hall–Kier alpha value is -1.72. The van der Waals surface area contributed by atoms with Gasteiger partial charge >= 0.3 is 0 Å². The average Bonchev–Trinajstić information content (AvgIpc) is 2.63. The summed E-state index contributed by atoms with van der Waals surface area (Å²) in [6.07, 6.45) is 5.83. The van der Waals surface area contributed by atoms with Crippen molar-refractivity contribution in [1.29, 1.82) is 0 Å². The minimum Gasteiger partial charge on any atom is -0.397 e. The number of hydrogen-bond acceptors (Lipinski definition) is 5. The van der Waals surface area contributed by atoms with Gasteiger partial charge in [0.1, 0.15) is 0 Å². The second-order valence-electron chi connectivity index (χ2n) is 6.73. The van der Waals surface area contributed by atoms with Gasteiger partial charge in [-0.2, -0.15) is 0 Å². The molecule has 0 aromatic heterocycles. The zero-order valence-corrected chi connectivity index (χ0v) is 14.7. The molecule has 24 heavy (non-hydrogen) atoms. The zero-order valence-electron chi connectivity index (χ0n) is 14.7. The number of nitrogens with two attached hydrogens (primary N) is 1. The summed E-state index contributed by atoms with van der Waals surface area (Å²) in [5.41, 5.74) is 10.7. The van der Waals surface area contributed by atoms with Crippen LogP contribution in [0.3, 0.4) is 0 Å². The van der Waals surface area contributed by atoms with Crippen LogP contribution >= 0.6 is 0 Å². The van der Waals surface area contributed by atoms with Crippen molar-refractivity contribution in [1.82, 2.24) is 10.6 Å². The van der Waals surface area contributed by atoms with Gasteiger partial charge in [0.05, 0.1) is 11.8 Å². The highest BCUT2D eigenvalue weighted by molar-refractivity contribution is 5.68. The molecule has 4 N–H and O–H groups in total. The van der Waals surface area contributed by atoms with Gasteiger partial charge in [0.2, 0.25) is 0 Å². The van der Waals surface area contributed by atoms with Crippen molar-refractivity contribution in [3.8, 4) is 0 Å². The maximum Gasteiger partial charge on any atom is 0.0747 e. The minimum atomic E-state index is 0.319. The Balaban J connectivity index is 1.59. The van der Waals surface area contributed by atoms with E-state index < -0.39 is 0 Å². The first-order chi connectivity index (χ1) is 11.7. The van der Waals surface area contributed by atoms with Crippen molar-refractivity contribution in [2.24, 2.45) is 5.73 Å². The fourth-order valence-corrected chi connectivity index (χ4v) is 3.44. The highest BCUT2D eigenvalue weighted by atomic mass is 16.5. The molecule has 1 atom stereocenters. The maximum absolute atomic E-state index is 6.27. The van der Waals surface area contributed by atoms with Crippen molar-refractivity contribution in [2.45, 2.75) is 32.3 Å². The predicted molar refractivity (Wildman–Crippen MR) is 100 cm³/mol. The van der Waals surface area contributed by atoms with E-state index in [0.717, 1.165) is 57.0 Å². The van der Waals surface area contributed by atoms with Gasteiger partial charge in [-0.1, -0.05) is 6.07 Å². The van der Waals surface area contributed by atoms with E-state index in [1.54, 1.807) is 0 Å². The lowest BCUT2D eigenvalue weighted by molar-refractivity contribution is 0.0188. The van der Waals surface area contributed by atoms with Crippen molar-refractivity contribution in [3.05, 3.63) is 35.5 Å². The van der Waals surface area contributed by atoms with E-state index in [0.29, 0.717) is 6.10 Å². The summed E-state index contributed by atoms with van der Waals surface area (Å²) in [5.74, 6) is 0. The first kappa shape index (κ1) is 17.1. The third kappa shape index (κ3) is 4.42. The van der Waals surface area contributed by atoms with E-state index in [4.69, 9.17) is 10.5 Å². The molecule has 0 bridgehead atoms. The van der Waals surface area contributed by atoms with Gasteiger partial charge < -0.3 is 26.0 Å².